The Morgan fingerprint density at radius 1 is 1.30 bits per heavy atom. The lowest BCUT2D eigenvalue weighted by Gasteiger charge is -2.25. The molecule has 1 heterocycles. The Hall–Kier alpha value is -1.49. The van der Waals surface area contributed by atoms with Crippen LogP contribution in [0.4, 0.5) is 11.5 Å². The predicted octanol–water partition coefficient (Wildman–Crippen LogP) is 2.93. The van der Waals surface area contributed by atoms with Crippen LogP contribution >= 0.6 is 0 Å². The van der Waals surface area contributed by atoms with Crippen LogP contribution in [-0.4, -0.2) is 31.9 Å². The van der Waals surface area contributed by atoms with E-state index in [1.54, 1.807) is 7.11 Å². The number of ether oxygens (including phenoxy) is 2. The summed E-state index contributed by atoms with van der Waals surface area (Å²) in [4.78, 5) is 4.40. The van der Waals surface area contributed by atoms with E-state index in [0.717, 1.165) is 31.8 Å². The second kappa shape index (κ2) is 7.94. The van der Waals surface area contributed by atoms with Gasteiger partial charge in [0.2, 0.25) is 5.88 Å². The van der Waals surface area contributed by atoms with Crippen LogP contribution in [0.5, 0.6) is 5.88 Å². The summed E-state index contributed by atoms with van der Waals surface area (Å²) in [5, 5.41) is 3.34. The average Bonchev–Trinajstić information content (AvgIpc) is 2.43. The van der Waals surface area contributed by atoms with Crippen molar-refractivity contribution >= 4 is 11.5 Å². The quantitative estimate of drug-likeness (QED) is 0.728. The number of nitrogen functional groups attached to an aromatic ring is 1. The van der Waals surface area contributed by atoms with Crippen LogP contribution < -0.4 is 15.8 Å². The zero-order valence-corrected chi connectivity index (χ0v) is 13.0. The number of nitrogens with zero attached hydrogens (tertiary/aromatic N) is 1. The van der Waals surface area contributed by atoms with E-state index >= 15 is 0 Å². The highest BCUT2D eigenvalue weighted by atomic mass is 16.5. The Bertz CT molecular complexity index is 408. The molecule has 1 aromatic heterocycles. The summed E-state index contributed by atoms with van der Waals surface area (Å²) in [7, 11) is 1.72. The van der Waals surface area contributed by atoms with E-state index in [0.29, 0.717) is 18.2 Å². The van der Waals surface area contributed by atoms with Crippen LogP contribution in [-0.2, 0) is 4.74 Å². The van der Waals surface area contributed by atoms with Gasteiger partial charge < -0.3 is 20.5 Å². The molecule has 1 aromatic rings. The molecule has 0 bridgehead atoms. The molecule has 114 valence electrons. The molecule has 0 radical (unpaired) electrons. The van der Waals surface area contributed by atoms with E-state index < -0.39 is 0 Å². The molecule has 0 fully saturated rings. The molecule has 0 aromatic carbocycles. The molecule has 0 aliphatic heterocycles. The summed E-state index contributed by atoms with van der Waals surface area (Å²) in [6, 6.07) is 3.70. The van der Waals surface area contributed by atoms with Crippen molar-refractivity contribution < 1.29 is 9.47 Å². The van der Waals surface area contributed by atoms with E-state index in [1.165, 1.54) is 0 Å². The molecular weight excluding hydrogens is 254 g/mol. The van der Waals surface area contributed by atoms with Gasteiger partial charge in [0.15, 0.2) is 0 Å². The standard InChI is InChI=1S/C15H27N3O2/c1-5-9-20-14-12(16)6-7-13(18-14)17-11-15(2,3)8-10-19-4/h6-7H,5,8-11,16H2,1-4H3,(H,17,18). The number of hydrogen-bond donors (Lipinski definition) is 2. The number of hydrogen-bond acceptors (Lipinski definition) is 5. The molecule has 0 amide bonds. The van der Waals surface area contributed by atoms with Crippen LogP contribution in [0.3, 0.4) is 0 Å². The molecule has 0 unspecified atom stereocenters. The summed E-state index contributed by atoms with van der Waals surface area (Å²) in [6.07, 6.45) is 1.92. The lowest BCUT2D eigenvalue weighted by Crippen LogP contribution is -2.25. The van der Waals surface area contributed by atoms with Crippen LogP contribution in [0.2, 0.25) is 0 Å². The summed E-state index contributed by atoms with van der Waals surface area (Å²) in [5.41, 5.74) is 6.56. The first-order chi connectivity index (χ1) is 9.48. The van der Waals surface area contributed by atoms with Gasteiger partial charge in [0.05, 0.1) is 12.3 Å². The van der Waals surface area contributed by atoms with E-state index in [1.807, 2.05) is 12.1 Å². The average molecular weight is 281 g/mol. The van der Waals surface area contributed by atoms with Crippen LogP contribution in [0.15, 0.2) is 12.1 Å². The highest BCUT2D eigenvalue weighted by molar-refractivity contribution is 5.53. The lowest BCUT2D eigenvalue weighted by molar-refractivity contribution is 0.157. The molecular formula is C15H27N3O2. The summed E-state index contributed by atoms with van der Waals surface area (Å²) in [5.74, 6) is 1.29. The maximum absolute atomic E-state index is 5.85. The van der Waals surface area contributed by atoms with Crippen molar-refractivity contribution in [3.05, 3.63) is 12.1 Å². The van der Waals surface area contributed by atoms with E-state index in [-0.39, 0.29) is 5.41 Å². The predicted molar refractivity (Wildman–Crippen MR) is 83.2 cm³/mol. The molecule has 20 heavy (non-hydrogen) atoms. The number of pyridine rings is 1. The van der Waals surface area contributed by atoms with Crippen molar-refractivity contribution in [1.29, 1.82) is 0 Å². The zero-order valence-electron chi connectivity index (χ0n) is 13.0. The topological polar surface area (TPSA) is 69.4 Å². The Kier molecular flexibility index (Phi) is 6.58. The second-order valence-electron chi connectivity index (χ2n) is 5.70. The monoisotopic (exact) mass is 281 g/mol. The molecule has 0 spiro atoms. The number of methoxy groups -OCH3 is 1. The Morgan fingerprint density at radius 2 is 2.05 bits per heavy atom. The van der Waals surface area contributed by atoms with Crippen molar-refractivity contribution in [3.63, 3.8) is 0 Å². The summed E-state index contributed by atoms with van der Waals surface area (Å²) < 4.78 is 10.7. The van der Waals surface area contributed by atoms with Gasteiger partial charge in [-0.1, -0.05) is 20.8 Å². The van der Waals surface area contributed by atoms with Crippen molar-refractivity contribution in [2.45, 2.75) is 33.6 Å². The van der Waals surface area contributed by atoms with Crippen LogP contribution in [0.1, 0.15) is 33.6 Å². The fourth-order valence-corrected chi connectivity index (χ4v) is 1.66. The molecule has 0 aliphatic carbocycles. The van der Waals surface area contributed by atoms with Gasteiger partial charge in [0, 0.05) is 20.3 Å². The first-order valence-corrected chi connectivity index (χ1v) is 7.10. The number of aromatic nitrogens is 1. The van der Waals surface area contributed by atoms with Crippen molar-refractivity contribution in [2.75, 3.05) is 37.9 Å². The third-order valence-electron chi connectivity index (χ3n) is 3.06. The second-order valence-corrected chi connectivity index (χ2v) is 5.70. The van der Waals surface area contributed by atoms with Crippen molar-refractivity contribution in [2.24, 2.45) is 5.41 Å². The third-order valence-corrected chi connectivity index (χ3v) is 3.06. The fourth-order valence-electron chi connectivity index (χ4n) is 1.66. The van der Waals surface area contributed by atoms with E-state index in [2.05, 4.69) is 31.1 Å². The summed E-state index contributed by atoms with van der Waals surface area (Å²) >= 11 is 0. The first-order valence-electron chi connectivity index (χ1n) is 7.10. The Balaban J connectivity index is 2.59. The SMILES string of the molecule is CCCOc1nc(NCC(C)(C)CCOC)ccc1N. The van der Waals surface area contributed by atoms with Crippen LogP contribution in [0, 0.1) is 5.41 Å². The Morgan fingerprint density at radius 3 is 2.70 bits per heavy atom. The van der Waals surface area contributed by atoms with Gasteiger partial charge in [-0.15, -0.1) is 0 Å². The van der Waals surface area contributed by atoms with Gasteiger partial charge in [-0.05, 0) is 30.4 Å². The molecule has 0 saturated heterocycles. The number of nitrogens with one attached hydrogen (secondary N) is 1. The fraction of sp³-hybridized carbons (Fsp3) is 0.667. The molecule has 0 aliphatic rings. The third kappa shape index (κ3) is 5.65. The van der Waals surface area contributed by atoms with Gasteiger partial charge in [-0.25, -0.2) is 0 Å². The van der Waals surface area contributed by atoms with Gasteiger partial charge in [0.25, 0.3) is 0 Å². The minimum atomic E-state index is 0.142. The van der Waals surface area contributed by atoms with Gasteiger partial charge in [0.1, 0.15) is 5.82 Å². The van der Waals surface area contributed by atoms with Gasteiger partial charge in [-0.3, -0.25) is 0 Å². The summed E-state index contributed by atoms with van der Waals surface area (Å²) in [6.45, 7) is 8.65. The maximum atomic E-state index is 5.85. The molecule has 0 atom stereocenters. The molecule has 1 rings (SSSR count). The largest absolute Gasteiger partial charge is 0.476 e. The van der Waals surface area contributed by atoms with Gasteiger partial charge >= 0.3 is 0 Å². The zero-order chi connectivity index (χ0) is 15.0. The lowest BCUT2D eigenvalue weighted by atomic mass is 9.90. The Labute approximate surface area is 121 Å². The van der Waals surface area contributed by atoms with E-state index in [4.69, 9.17) is 15.2 Å². The number of nitrogens with two attached hydrogens (primary N) is 1. The van der Waals surface area contributed by atoms with Crippen molar-refractivity contribution in [1.82, 2.24) is 4.98 Å². The minimum absolute atomic E-state index is 0.142. The highest BCUT2D eigenvalue weighted by Crippen LogP contribution is 2.24. The highest BCUT2D eigenvalue weighted by Gasteiger charge is 2.17. The smallest absolute Gasteiger partial charge is 0.239 e. The molecule has 0 saturated carbocycles. The molecule has 5 heteroatoms. The molecule has 5 nitrogen and oxygen atoms in total. The first kappa shape index (κ1) is 16.6. The van der Waals surface area contributed by atoms with E-state index in [9.17, 15) is 0 Å². The number of rotatable bonds is 9. The minimum Gasteiger partial charge on any atom is -0.476 e. The molecule has 3 N–H and O–H groups in total. The van der Waals surface area contributed by atoms with Crippen molar-refractivity contribution in [3.8, 4) is 5.88 Å². The van der Waals surface area contributed by atoms with Gasteiger partial charge in [-0.2, -0.15) is 4.98 Å². The number of anilines is 2. The maximum Gasteiger partial charge on any atom is 0.239 e. The van der Waals surface area contributed by atoms with Crippen LogP contribution in [0.25, 0.3) is 0 Å². The normalized spacial score (nSPS) is 11.4.